The van der Waals surface area contributed by atoms with E-state index in [-0.39, 0.29) is 22.7 Å². The number of anilines is 1. The number of carboxylic acid groups (broad SMARTS) is 1. The maximum Gasteiger partial charge on any atom is 0.335 e. The highest BCUT2D eigenvalue weighted by molar-refractivity contribution is 7.90. The zero-order chi connectivity index (χ0) is 15.5. The van der Waals surface area contributed by atoms with Crippen LogP contribution in [-0.4, -0.2) is 42.5 Å². The Morgan fingerprint density at radius 2 is 2.10 bits per heavy atom. The van der Waals surface area contributed by atoms with E-state index in [0.717, 1.165) is 24.5 Å². The summed E-state index contributed by atoms with van der Waals surface area (Å²) in [6.07, 6.45) is 1.05. The third kappa shape index (κ3) is 4.50. The Morgan fingerprint density at radius 3 is 2.55 bits per heavy atom. The zero-order valence-corrected chi connectivity index (χ0v) is 11.7. The normalized spacial score (nSPS) is 12.7. The molecular formula is C11H14N2O6S. The quantitative estimate of drug-likeness (QED) is 0.595. The molecule has 20 heavy (non-hydrogen) atoms. The molecule has 0 radical (unpaired) electrons. The van der Waals surface area contributed by atoms with Gasteiger partial charge in [0.25, 0.3) is 5.69 Å². The molecule has 0 heterocycles. The van der Waals surface area contributed by atoms with Crippen molar-refractivity contribution in [2.45, 2.75) is 13.0 Å². The smallest absolute Gasteiger partial charge is 0.335 e. The number of rotatable bonds is 6. The van der Waals surface area contributed by atoms with Gasteiger partial charge in [-0.05, 0) is 19.1 Å². The molecule has 0 saturated carbocycles. The predicted octanol–water partition coefficient (Wildman–Crippen LogP) is 1.14. The van der Waals surface area contributed by atoms with Crippen molar-refractivity contribution in [2.24, 2.45) is 0 Å². The van der Waals surface area contributed by atoms with Gasteiger partial charge in [-0.3, -0.25) is 10.1 Å². The van der Waals surface area contributed by atoms with Crippen molar-refractivity contribution < 1.29 is 23.2 Å². The molecule has 1 unspecified atom stereocenters. The van der Waals surface area contributed by atoms with Crippen molar-refractivity contribution in [1.82, 2.24) is 0 Å². The van der Waals surface area contributed by atoms with Crippen LogP contribution in [0.5, 0.6) is 0 Å². The van der Waals surface area contributed by atoms with Gasteiger partial charge in [0.1, 0.15) is 15.5 Å². The number of nitrogens with zero attached hydrogens (tertiary/aromatic N) is 1. The number of nitro benzene ring substituents is 1. The largest absolute Gasteiger partial charge is 0.478 e. The molecule has 2 N–H and O–H groups in total. The minimum Gasteiger partial charge on any atom is -0.478 e. The van der Waals surface area contributed by atoms with E-state index in [0.29, 0.717) is 0 Å². The highest BCUT2D eigenvalue weighted by atomic mass is 32.2. The van der Waals surface area contributed by atoms with Crippen LogP contribution < -0.4 is 5.32 Å². The Labute approximate surface area is 115 Å². The molecule has 110 valence electrons. The van der Waals surface area contributed by atoms with Crippen LogP contribution in [0, 0.1) is 10.1 Å². The summed E-state index contributed by atoms with van der Waals surface area (Å²) in [5.41, 5.74) is -0.453. The maximum absolute atomic E-state index is 11.2. The van der Waals surface area contributed by atoms with E-state index in [1.807, 2.05) is 0 Å². The average Bonchev–Trinajstić information content (AvgIpc) is 2.25. The minimum atomic E-state index is -3.25. The molecule has 0 saturated heterocycles. The summed E-state index contributed by atoms with van der Waals surface area (Å²) in [6, 6.07) is 2.71. The number of sulfone groups is 1. The molecule has 0 aromatic heterocycles. The Morgan fingerprint density at radius 1 is 1.50 bits per heavy atom. The van der Waals surface area contributed by atoms with Crippen molar-refractivity contribution in [2.75, 3.05) is 17.3 Å². The van der Waals surface area contributed by atoms with Crippen molar-refractivity contribution in [1.29, 1.82) is 0 Å². The Bertz CT molecular complexity index is 640. The van der Waals surface area contributed by atoms with Crippen LogP contribution in [0.4, 0.5) is 11.4 Å². The maximum atomic E-state index is 11.2. The van der Waals surface area contributed by atoms with E-state index in [1.54, 1.807) is 0 Å². The molecule has 1 atom stereocenters. The number of hydrogen-bond donors (Lipinski definition) is 2. The van der Waals surface area contributed by atoms with Crippen LogP contribution in [0.2, 0.25) is 0 Å². The fourth-order valence-electron chi connectivity index (χ4n) is 1.71. The molecule has 0 fully saturated rings. The first kappa shape index (κ1) is 15.9. The third-order valence-corrected chi connectivity index (χ3v) is 3.50. The highest BCUT2D eigenvalue weighted by Crippen LogP contribution is 2.26. The van der Waals surface area contributed by atoms with E-state index in [9.17, 15) is 23.3 Å². The van der Waals surface area contributed by atoms with Gasteiger partial charge in [0.2, 0.25) is 0 Å². The summed E-state index contributed by atoms with van der Waals surface area (Å²) >= 11 is 0. The lowest BCUT2D eigenvalue weighted by molar-refractivity contribution is -0.384. The number of nitro groups is 1. The molecule has 0 bridgehead atoms. The first-order valence-corrected chi connectivity index (χ1v) is 7.62. The van der Waals surface area contributed by atoms with E-state index in [4.69, 9.17) is 5.11 Å². The number of aromatic carboxylic acids is 1. The molecule has 8 nitrogen and oxygen atoms in total. The second-order valence-electron chi connectivity index (χ2n) is 4.43. The summed E-state index contributed by atoms with van der Waals surface area (Å²) in [4.78, 5) is 21.1. The second-order valence-corrected chi connectivity index (χ2v) is 6.62. The van der Waals surface area contributed by atoms with Gasteiger partial charge in [-0.25, -0.2) is 13.2 Å². The Kier molecular flexibility index (Phi) is 4.66. The molecule has 0 amide bonds. The first-order valence-electron chi connectivity index (χ1n) is 5.56. The van der Waals surface area contributed by atoms with Crippen molar-refractivity contribution >= 4 is 27.2 Å². The Hall–Kier alpha value is -2.16. The summed E-state index contributed by atoms with van der Waals surface area (Å²) in [6.45, 7) is 1.54. The lowest BCUT2D eigenvalue weighted by atomic mass is 10.1. The van der Waals surface area contributed by atoms with Crippen LogP contribution in [0.1, 0.15) is 17.3 Å². The van der Waals surface area contributed by atoms with E-state index in [1.165, 1.54) is 6.92 Å². The highest BCUT2D eigenvalue weighted by Gasteiger charge is 2.19. The third-order valence-electron chi connectivity index (χ3n) is 2.39. The predicted molar refractivity (Wildman–Crippen MR) is 72.9 cm³/mol. The molecule has 0 aliphatic carbocycles. The van der Waals surface area contributed by atoms with Crippen LogP contribution in [0.25, 0.3) is 0 Å². The van der Waals surface area contributed by atoms with Gasteiger partial charge in [-0.2, -0.15) is 0 Å². The molecule has 0 spiro atoms. The standard InChI is InChI=1S/C11H14N2O6S/c1-7(6-20(2,18)19)12-9-5-8(11(14)15)3-4-10(9)13(16)17/h3-5,7,12H,6H2,1-2H3,(H,14,15). The van der Waals surface area contributed by atoms with Crippen molar-refractivity contribution in [3.63, 3.8) is 0 Å². The van der Waals surface area contributed by atoms with Gasteiger partial charge >= 0.3 is 5.97 Å². The molecule has 1 aromatic rings. The first-order chi connectivity index (χ1) is 9.10. The number of benzene rings is 1. The number of carboxylic acids is 1. The lowest BCUT2D eigenvalue weighted by Crippen LogP contribution is -2.25. The lowest BCUT2D eigenvalue weighted by Gasteiger charge is -2.14. The second kappa shape index (κ2) is 5.87. The van der Waals surface area contributed by atoms with Crippen molar-refractivity contribution in [3.8, 4) is 0 Å². The number of carbonyl (C=O) groups is 1. The SMILES string of the molecule is CC(CS(C)(=O)=O)Nc1cc(C(=O)O)ccc1[N+](=O)[O-]. The fourth-order valence-corrected chi connectivity index (χ4v) is 2.70. The zero-order valence-electron chi connectivity index (χ0n) is 10.9. The summed E-state index contributed by atoms with van der Waals surface area (Å²) in [5, 5.41) is 22.4. The summed E-state index contributed by atoms with van der Waals surface area (Å²) in [7, 11) is -3.25. The van der Waals surface area contributed by atoms with Gasteiger partial charge in [-0.15, -0.1) is 0 Å². The topological polar surface area (TPSA) is 127 Å². The summed E-state index contributed by atoms with van der Waals surface area (Å²) in [5.74, 6) is -1.44. The van der Waals surface area contributed by atoms with Crippen LogP contribution >= 0.6 is 0 Å². The van der Waals surface area contributed by atoms with Gasteiger partial charge in [0.15, 0.2) is 0 Å². The minimum absolute atomic E-state index is 0.0222. The van der Waals surface area contributed by atoms with Gasteiger partial charge in [0, 0.05) is 18.4 Å². The fraction of sp³-hybridized carbons (Fsp3) is 0.364. The van der Waals surface area contributed by atoms with E-state index >= 15 is 0 Å². The van der Waals surface area contributed by atoms with Gasteiger partial charge in [-0.1, -0.05) is 0 Å². The van der Waals surface area contributed by atoms with Crippen LogP contribution in [-0.2, 0) is 9.84 Å². The molecule has 0 aliphatic heterocycles. The van der Waals surface area contributed by atoms with Gasteiger partial charge in [0.05, 0.1) is 16.2 Å². The number of hydrogen-bond acceptors (Lipinski definition) is 6. The van der Waals surface area contributed by atoms with Crippen LogP contribution in [0.3, 0.4) is 0 Å². The number of nitrogens with one attached hydrogen (secondary N) is 1. The molecule has 9 heteroatoms. The molecule has 1 aromatic carbocycles. The molecular weight excluding hydrogens is 288 g/mol. The van der Waals surface area contributed by atoms with E-state index < -0.39 is 26.8 Å². The average molecular weight is 302 g/mol. The van der Waals surface area contributed by atoms with Crippen molar-refractivity contribution in [3.05, 3.63) is 33.9 Å². The molecule has 1 rings (SSSR count). The van der Waals surface area contributed by atoms with Gasteiger partial charge < -0.3 is 10.4 Å². The van der Waals surface area contributed by atoms with Crippen LogP contribution in [0.15, 0.2) is 18.2 Å². The Balaban J connectivity index is 3.10. The molecule has 0 aliphatic rings. The van der Waals surface area contributed by atoms with E-state index in [2.05, 4.69) is 5.32 Å². The monoisotopic (exact) mass is 302 g/mol. The summed E-state index contributed by atoms with van der Waals surface area (Å²) < 4.78 is 22.3.